The van der Waals surface area contributed by atoms with E-state index in [9.17, 15) is 4.79 Å². The van der Waals surface area contributed by atoms with Crippen molar-refractivity contribution in [1.82, 2.24) is 20.5 Å². The Hall–Kier alpha value is -1.83. The molecule has 1 aromatic rings. The predicted molar refractivity (Wildman–Crippen MR) is 112 cm³/mol. The zero-order valence-electron chi connectivity index (χ0n) is 17.8. The standard InChI is InChI=1S/C19H35N5O2S/c1-8-15-11-21-16(27-15)12-23-17(20-9-2)22-10-14(3)13-24(7)18(25)26-19(4,5)6/h11,14H,8-10,12-13H2,1-7H3,(H2,20,22,23). The molecule has 0 aromatic carbocycles. The maximum absolute atomic E-state index is 12.1. The number of ether oxygens (including phenoxy) is 1. The van der Waals surface area contributed by atoms with E-state index in [2.05, 4.69) is 34.5 Å². The highest BCUT2D eigenvalue weighted by Gasteiger charge is 2.20. The molecule has 0 aliphatic rings. The molecular formula is C19H35N5O2S. The van der Waals surface area contributed by atoms with Gasteiger partial charge >= 0.3 is 6.09 Å². The lowest BCUT2D eigenvalue weighted by Crippen LogP contribution is -2.42. The van der Waals surface area contributed by atoms with Crippen LogP contribution in [-0.2, 0) is 17.7 Å². The van der Waals surface area contributed by atoms with Gasteiger partial charge in [-0.05, 0) is 40.0 Å². The van der Waals surface area contributed by atoms with E-state index in [1.54, 1.807) is 23.3 Å². The van der Waals surface area contributed by atoms with Crippen LogP contribution >= 0.6 is 11.3 Å². The predicted octanol–water partition coefficient (Wildman–Crippen LogP) is 3.26. The van der Waals surface area contributed by atoms with E-state index in [1.165, 1.54) is 4.88 Å². The number of aromatic nitrogens is 1. The van der Waals surface area contributed by atoms with Crippen molar-refractivity contribution in [2.75, 3.05) is 26.7 Å². The van der Waals surface area contributed by atoms with Gasteiger partial charge in [0.05, 0.1) is 6.54 Å². The lowest BCUT2D eigenvalue weighted by atomic mass is 10.1. The molecule has 1 aromatic heterocycles. The van der Waals surface area contributed by atoms with Crippen molar-refractivity contribution in [2.45, 2.75) is 60.1 Å². The van der Waals surface area contributed by atoms with Crippen molar-refractivity contribution in [3.8, 4) is 0 Å². The van der Waals surface area contributed by atoms with Crippen LogP contribution < -0.4 is 10.6 Å². The Balaban J connectivity index is 2.50. The van der Waals surface area contributed by atoms with Gasteiger partial charge in [-0.15, -0.1) is 11.3 Å². The van der Waals surface area contributed by atoms with Crippen LogP contribution in [0.1, 0.15) is 51.4 Å². The van der Waals surface area contributed by atoms with Crippen LogP contribution in [0.15, 0.2) is 11.2 Å². The molecule has 0 aliphatic heterocycles. The molecule has 2 N–H and O–H groups in total. The topological polar surface area (TPSA) is 78.9 Å². The van der Waals surface area contributed by atoms with Crippen LogP contribution in [-0.4, -0.2) is 54.2 Å². The first-order valence-corrected chi connectivity index (χ1v) is 10.4. The zero-order chi connectivity index (χ0) is 20.4. The summed E-state index contributed by atoms with van der Waals surface area (Å²) < 4.78 is 5.39. The van der Waals surface area contributed by atoms with Gasteiger partial charge in [0, 0.05) is 37.8 Å². The molecule has 154 valence electrons. The van der Waals surface area contributed by atoms with Crippen molar-refractivity contribution in [2.24, 2.45) is 10.9 Å². The Labute approximate surface area is 167 Å². The minimum absolute atomic E-state index is 0.248. The van der Waals surface area contributed by atoms with Gasteiger partial charge in [0.15, 0.2) is 5.96 Å². The molecule has 27 heavy (non-hydrogen) atoms. The third-order valence-electron chi connectivity index (χ3n) is 3.58. The highest BCUT2D eigenvalue weighted by Crippen LogP contribution is 2.14. The normalized spacial score (nSPS) is 13.2. The molecule has 8 heteroatoms. The van der Waals surface area contributed by atoms with Gasteiger partial charge in [0.1, 0.15) is 10.6 Å². The van der Waals surface area contributed by atoms with Crippen molar-refractivity contribution >= 4 is 23.4 Å². The smallest absolute Gasteiger partial charge is 0.410 e. The van der Waals surface area contributed by atoms with Crippen LogP contribution in [0.3, 0.4) is 0 Å². The minimum atomic E-state index is -0.481. The van der Waals surface area contributed by atoms with Crippen LogP contribution in [0.4, 0.5) is 4.79 Å². The van der Waals surface area contributed by atoms with Gasteiger partial charge in [-0.3, -0.25) is 0 Å². The molecule has 0 radical (unpaired) electrons. The van der Waals surface area contributed by atoms with Crippen molar-refractivity contribution in [3.63, 3.8) is 0 Å². The van der Waals surface area contributed by atoms with Gasteiger partial charge in [-0.2, -0.15) is 0 Å². The molecule has 0 saturated carbocycles. The van der Waals surface area contributed by atoms with Crippen LogP contribution in [0.5, 0.6) is 0 Å². The van der Waals surface area contributed by atoms with Gasteiger partial charge in [-0.25, -0.2) is 14.8 Å². The second-order valence-electron chi connectivity index (χ2n) is 7.62. The lowest BCUT2D eigenvalue weighted by Gasteiger charge is -2.26. The summed E-state index contributed by atoms with van der Waals surface area (Å²) in [6.07, 6.45) is 2.62. The zero-order valence-corrected chi connectivity index (χ0v) is 18.6. The Bertz CT molecular complexity index is 609. The number of aryl methyl sites for hydroxylation is 1. The summed E-state index contributed by atoms with van der Waals surface area (Å²) in [5.74, 6) is 1.01. The molecule has 1 atom stereocenters. The molecule has 1 rings (SSSR count). The van der Waals surface area contributed by atoms with E-state index in [1.807, 2.05) is 33.9 Å². The molecule has 1 unspecified atom stereocenters. The number of nitrogens with one attached hydrogen (secondary N) is 2. The average Bonchev–Trinajstić information content (AvgIpc) is 3.03. The van der Waals surface area contributed by atoms with Crippen molar-refractivity contribution in [3.05, 3.63) is 16.1 Å². The molecule has 0 fully saturated rings. The maximum atomic E-state index is 12.1. The average molecular weight is 398 g/mol. The summed E-state index contributed by atoms with van der Waals surface area (Å²) in [7, 11) is 1.76. The summed E-state index contributed by atoms with van der Waals surface area (Å²) in [6.45, 7) is 14.5. The first-order chi connectivity index (χ1) is 12.6. The Morgan fingerprint density at radius 1 is 1.37 bits per heavy atom. The second kappa shape index (κ2) is 11.1. The monoisotopic (exact) mass is 397 g/mol. The highest BCUT2D eigenvalue weighted by molar-refractivity contribution is 7.11. The minimum Gasteiger partial charge on any atom is -0.444 e. The Morgan fingerprint density at radius 2 is 2.07 bits per heavy atom. The van der Waals surface area contributed by atoms with Crippen molar-refractivity contribution < 1.29 is 9.53 Å². The molecule has 0 spiro atoms. The largest absolute Gasteiger partial charge is 0.444 e. The van der Waals surface area contributed by atoms with Crippen molar-refractivity contribution in [1.29, 1.82) is 0 Å². The number of amides is 1. The van der Waals surface area contributed by atoms with E-state index >= 15 is 0 Å². The quantitative estimate of drug-likeness (QED) is 0.520. The third-order valence-corrected chi connectivity index (χ3v) is 4.70. The fourth-order valence-electron chi connectivity index (χ4n) is 2.29. The number of aliphatic imine (C=N–C) groups is 1. The van der Waals surface area contributed by atoms with E-state index < -0.39 is 5.60 Å². The van der Waals surface area contributed by atoms with Crippen LogP contribution in [0.25, 0.3) is 0 Å². The van der Waals surface area contributed by atoms with Gasteiger partial charge in [-0.1, -0.05) is 13.8 Å². The van der Waals surface area contributed by atoms with E-state index in [4.69, 9.17) is 4.74 Å². The highest BCUT2D eigenvalue weighted by atomic mass is 32.1. The molecule has 0 saturated heterocycles. The van der Waals surface area contributed by atoms with E-state index in [0.29, 0.717) is 19.6 Å². The molecule has 1 heterocycles. The molecule has 0 aliphatic carbocycles. The van der Waals surface area contributed by atoms with E-state index in [0.717, 1.165) is 23.9 Å². The number of hydrogen-bond acceptors (Lipinski definition) is 5. The second-order valence-corrected chi connectivity index (χ2v) is 8.82. The van der Waals surface area contributed by atoms with Crippen LogP contribution in [0, 0.1) is 5.92 Å². The molecule has 7 nitrogen and oxygen atoms in total. The molecule has 0 bridgehead atoms. The lowest BCUT2D eigenvalue weighted by molar-refractivity contribution is 0.0278. The molecular weight excluding hydrogens is 362 g/mol. The number of hydrogen-bond donors (Lipinski definition) is 2. The van der Waals surface area contributed by atoms with Gasteiger partial charge in [0.2, 0.25) is 0 Å². The fourth-order valence-corrected chi connectivity index (χ4v) is 3.08. The third kappa shape index (κ3) is 9.60. The fraction of sp³-hybridized carbons (Fsp3) is 0.737. The summed E-state index contributed by atoms with van der Waals surface area (Å²) in [6, 6.07) is 0. The first-order valence-electron chi connectivity index (χ1n) is 9.54. The Morgan fingerprint density at radius 3 is 2.63 bits per heavy atom. The number of guanidine groups is 1. The van der Waals surface area contributed by atoms with Crippen LogP contribution in [0.2, 0.25) is 0 Å². The summed E-state index contributed by atoms with van der Waals surface area (Å²) >= 11 is 1.70. The number of thiazole rings is 1. The summed E-state index contributed by atoms with van der Waals surface area (Å²) in [5.41, 5.74) is -0.481. The SMILES string of the molecule is CCNC(=NCc1ncc(CC)s1)NCC(C)CN(C)C(=O)OC(C)(C)C. The Kier molecular flexibility index (Phi) is 9.55. The first kappa shape index (κ1) is 23.2. The number of nitrogens with zero attached hydrogens (tertiary/aromatic N) is 3. The number of carbonyl (C=O) groups is 1. The number of carbonyl (C=O) groups excluding carboxylic acids is 1. The van der Waals surface area contributed by atoms with Gasteiger partial charge in [0.25, 0.3) is 0 Å². The molecule has 1 amide bonds. The van der Waals surface area contributed by atoms with Gasteiger partial charge < -0.3 is 20.3 Å². The summed E-state index contributed by atoms with van der Waals surface area (Å²) in [5, 5.41) is 7.60. The number of rotatable bonds is 8. The maximum Gasteiger partial charge on any atom is 0.410 e. The summed E-state index contributed by atoms with van der Waals surface area (Å²) in [4.78, 5) is 24.0. The van der Waals surface area contributed by atoms with E-state index in [-0.39, 0.29) is 12.0 Å².